The molecule has 1 aromatic heterocycles. The maximum atomic E-state index is 12.3. The second-order valence-electron chi connectivity index (χ2n) is 5.00. The largest absolute Gasteiger partial charge is 0.573 e. The molecule has 0 aliphatic rings. The first-order valence-corrected chi connectivity index (χ1v) is 7.75. The van der Waals surface area contributed by atoms with Crippen LogP contribution in [-0.4, -0.2) is 6.36 Å². The highest BCUT2D eigenvalue weighted by Crippen LogP contribution is 2.29. The molecule has 0 aliphatic heterocycles. The molecule has 2 aromatic carbocycles. The maximum Gasteiger partial charge on any atom is 0.573 e. The van der Waals surface area contributed by atoms with Crippen LogP contribution in [0.3, 0.4) is 0 Å². The van der Waals surface area contributed by atoms with Crippen molar-refractivity contribution in [2.45, 2.75) is 19.3 Å². The summed E-state index contributed by atoms with van der Waals surface area (Å²) < 4.78 is 43.4. The van der Waals surface area contributed by atoms with Gasteiger partial charge in [-0.1, -0.05) is 30.3 Å². The summed E-state index contributed by atoms with van der Waals surface area (Å²) in [6, 6.07) is 14.2. The smallest absolute Gasteiger partial charge is 0.406 e. The van der Waals surface area contributed by atoms with Crippen LogP contribution in [0, 0.1) is 0 Å². The molecule has 3 nitrogen and oxygen atoms in total. The molecule has 0 saturated heterocycles. The lowest BCUT2D eigenvalue weighted by atomic mass is 10.1. The number of halogens is 3. The Morgan fingerprint density at radius 2 is 1.83 bits per heavy atom. The molecule has 0 aliphatic carbocycles. The molecule has 0 unspecified atom stereocenters. The van der Waals surface area contributed by atoms with Crippen molar-refractivity contribution in [1.29, 1.82) is 0 Å². The molecule has 120 valence electrons. The number of hydrogen-bond acceptors (Lipinski definition) is 3. The molecular weight excluding hydrogens is 325 g/mol. The summed E-state index contributed by atoms with van der Waals surface area (Å²) in [5.74, 6) is -0.235. The Morgan fingerprint density at radius 3 is 2.52 bits per heavy atom. The molecule has 0 fully saturated rings. The number of aryl methyl sites for hydroxylation is 2. The highest BCUT2D eigenvalue weighted by molar-refractivity contribution is 7.21. The second kappa shape index (κ2) is 6.08. The quantitative estimate of drug-likeness (QED) is 0.732. The van der Waals surface area contributed by atoms with Crippen LogP contribution in [0.15, 0.2) is 48.5 Å². The molecule has 0 amide bonds. The van der Waals surface area contributed by atoms with Crippen LogP contribution in [0.2, 0.25) is 0 Å². The number of hydrogen-bond donors (Lipinski definition) is 1. The van der Waals surface area contributed by atoms with E-state index in [1.807, 2.05) is 34.9 Å². The van der Waals surface area contributed by atoms with Crippen molar-refractivity contribution in [3.05, 3.63) is 54.1 Å². The average Bonchev–Trinajstić information content (AvgIpc) is 2.79. The van der Waals surface area contributed by atoms with E-state index < -0.39 is 6.36 Å². The van der Waals surface area contributed by atoms with Gasteiger partial charge >= 0.3 is 11.5 Å². The highest BCUT2D eigenvalue weighted by Gasteiger charge is 2.31. The molecule has 0 bridgehead atoms. The van der Waals surface area contributed by atoms with Crippen molar-refractivity contribution >= 4 is 26.7 Å². The zero-order valence-corrected chi connectivity index (χ0v) is 12.8. The lowest BCUT2D eigenvalue weighted by Gasteiger charge is -2.08. The summed E-state index contributed by atoms with van der Waals surface area (Å²) in [6.07, 6.45) is -3.90. The number of benzene rings is 2. The first-order chi connectivity index (χ1) is 10.9. The van der Waals surface area contributed by atoms with Gasteiger partial charge in [0.25, 0.3) is 0 Å². The Hall–Kier alpha value is -2.28. The number of alkyl halides is 3. The fourth-order valence-electron chi connectivity index (χ4n) is 2.40. The van der Waals surface area contributed by atoms with E-state index in [1.54, 1.807) is 6.07 Å². The SMILES string of the molecule is Nc1sc2cc(OC(F)(F)F)ccc2[n+]1CCc1ccccc1. The second-order valence-corrected chi connectivity index (χ2v) is 6.07. The van der Waals surface area contributed by atoms with E-state index in [9.17, 15) is 13.2 Å². The minimum atomic E-state index is -4.69. The first kappa shape index (κ1) is 15.6. The standard InChI is InChI=1S/C16H13F3N2OS/c17-16(18,19)22-12-6-7-13-14(10-12)23-15(20)21(13)9-8-11-4-2-1-3-5-11/h1-7,10,20H,8-9H2/p+1. The Balaban J connectivity index is 1.85. The van der Waals surface area contributed by atoms with Gasteiger partial charge in [-0.2, -0.15) is 0 Å². The van der Waals surface area contributed by atoms with Crippen molar-refractivity contribution in [3.63, 3.8) is 0 Å². The topological polar surface area (TPSA) is 39.1 Å². The molecule has 3 rings (SSSR count). The van der Waals surface area contributed by atoms with Crippen molar-refractivity contribution in [1.82, 2.24) is 0 Å². The van der Waals surface area contributed by atoms with Crippen LogP contribution in [0.4, 0.5) is 18.3 Å². The van der Waals surface area contributed by atoms with E-state index in [2.05, 4.69) is 4.74 Å². The summed E-state index contributed by atoms with van der Waals surface area (Å²) in [7, 11) is 0. The minimum Gasteiger partial charge on any atom is -0.406 e. The normalized spacial score (nSPS) is 11.8. The van der Waals surface area contributed by atoms with Crippen LogP contribution in [0.1, 0.15) is 5.56 Å². The number of nitrogen functional groups attached to an aromatic ring is 1. The van der Waals surface area contributed by atoms with Crippen molar-refractivity contribution < 1.29 is 22.5 Å². The number of rotatable bonds is 4. The number of nitrogens with zero attached hydrogens (tertiary/aromatic N) is 1. The minimum absolute atomic E-state index is 0.235. The van der Waals surface area contributed by atoms with Gasteiger partial charge in [-0.05, 0) is 29.0 Å². The van der Waals surface area contributed by atoms with Gasteiger partial charge < -0.3 is 4.74 Å². The highest BCUT2D eigenvalue weighted by atomic mass is 32.1. The van der Waals surface area contributed by atoms with E-state index in [4.69, 9.17) is 5.73 Å². The van der Waals surface area contributed by atoms with Gasteiger partial charge in [0.1, 0.15) is 11.3 Å². The molecule has 3 aromatic rings. The monoisotopic (exact) mass is 339 g/mol. The zero-order chi connectivity index (χ0) is 16.4. The first-order valence-electron chi connectivity index (χ1n) is 6.94. The number of nitrogens with two attached hydrogens (primary N) is 1. The lowest BCUT2D eigenvalue weighted by Crippen LogP contribution is -2.36. The summed E-state index contributed by atoms with van der Waals surface area (Å²) >= 11 is 1.25. The molecule has 0 spiro atoms. The van der Waals surface area contributed by atoms with Crippen LogP contribution in [-0.2, 0) is 13.0 Å². The number of thiazole rings is 1. The molecule has 7 heteroatoms. The fourth-order valence-corrected chi connectivity index (χ4v) is 3.38. The molecule has 0 atom stereocenters. The summed E-state index contributed by atoms with van der Waals surface area (Å²) in [6.45, 7) is 0.662. The van der Waals surface area contributed by atoms with Crippen LogP contribution in [0.25, 0.3) is 10.2 Å². The van der Waals surface area contributed by atoms with E-state index in [0.717, 1.165) is 11.9 Å². The van der Waals surface area contributed by atoms with E-state index in [0.29, 0.717) is 16.4 Å². The van der Waals surface area contributed by atoms with Gasteiger partial charge in [0.15, 0.2) is 0 Å². The predicted molar refractivity (Wildman–Crippen MR) is 83.3 cm³/mol. The molecule has 23 heavy (non-hydrogen) atoms. The lowest BCUT2D eigenvalue weighted by molar-refractivity contribution is -0.652. The molecule has 0 radical (unpaired) electrons. The number of anilines is 1. The van der Waals surface area contributed by atoms with Crippen LogP contribution in [0.5, 0.6) is 5.75 Å². The van der Waals surface area contributed by atoms with Crippen molar-refractivity contribution in [2.75, 3.05) is 5.73 Å². The molecule has 2 N–H and O–H groups in total. The van der Waals surface area contributed by atoms with E-state index in [1.165, 1.54) is 29.0 Å². The summed E-state index contributed by atoms with van der Waals surface area (Å²) in [5, 5.41) is 0.556. The van der Waals surface area contributed by atoms with Gasteiger partial charge in [0, 0.05) is 12.5 Å². The van der Waals surface area contributed by atoms with Crippen molar-refractivity contribution in [3.8, 4) is 5.75 Å². The van der Waals surface area contributed by atoms with Gasteiger partial charge in [-0.25, -0.2) is 4.57 Å². The Morgan fingerprint density at radius 1 is 1.09 bits per heavy atom. The maximum absolute atomic E-state index is 12.3. The average molecular weight is 339 g/mol. The van der Waals surface area contributed by atoms with Gasteiger partial charge in [-0.3, -0.25) is 5.73 Å². The van der Waals surface area contributed by atoms with Gasteiger partial charge in [-0.15, -0.1) is 13.2 Å². The van der Waals surface area contributed by atoms with E-state index >= 15 is 0 Å². The van der Waals surface area contributed by atoms with Crippen molar-refractivity contribution in [2.24, 2.45) is 0 Å². The Labute approximate surface area is 134 Å². The number of aromatic nitrogens is 1. The van der Waals surface area contributed by atoms with Gasteiger partial charge in [0.05, 0.1) is 11.2 Å². The number of ether oxygens (including phenoxy) is 1. The zero-order valence-electron chi connectivity index (χ0n) is 12.0. The predicted octanol–water partition coefficient (Wildman–Crippen LogP) is 3.91. The molecule has 1 heterocycles. The Kier molecular flexibility index (Phi) is 4.12. The summed E-state index contributed by atoms with van der Waals surface area (Å²) in [4.78, 5) is 0. The molecule has 0 saturated carbocycles. The number of fused-ring (bicyclic) bond motifs is 1. The third-order valence-corrected chi connectivity index (χ3v) is 4.38. The third-order valence-electron chi connectivity index (χ3n) is 3.40. The van der Waals surface area contributed by atoms with Gasteiger partial charge in [0.2, 0.25) is 0 Å². The van der Waals surface area contributed by atoms with Crippen LogP contribution >= 0.6 is 11.3 Å². The third kappa shape index (κ3) is 3.73. The van der Waals surface area contributed by atoms with E-state index in [-0.39, 0.29) is 5.75 Å². The Bertz CT molecular complexity index is 815. The fraction of sp³-hybridized carbons (Fsp3) is 0.188. The summed E-state index contributed by atoms with van der Waals surface area (Å²) in [5.41, 5.74) is 7.99. The molecular formula is C16H14F3N2OS+. The van der Waals surface area contributed by atoms with Crippen LogP contribution < -0.4 is 15.0 Å².